The predicted octanol–water partition coefficient (Wildman–Crippen LogP) is 2.62. The molecule has 0 aromatic rings. The van der Waals surface area contributed by atoms with E-state index < -0.39 is 0 Å². The van der Waals surface area contributed by atoms with Crippen molar-refractivity contribution < 1.29 is 4.92 Å². The highest BCUT2D eigenvalue weighted by atomic mass is 16.6. The number of hydrogen-bond acceptors (Lipinski definition) is 2. The molecule has 0 aliphatic heterocycles. The molecular weight excluding hydrogens is 154 g/mol. The van der Waals surface area contributed by atoms with Gasteiger partial charge in [0.1, 0.15) is 0 Å². The van der Waals surface area contributed by atoms with Crippen molar-refractivity contribution in [2.24, 2.45) is 5.92 Å². The van der Waals surface area contributed by atoms with Crippen molar-refractivity contribution in [2.45, 2.75) is 51.5 Å². The smallest absolute Gasteiger partial charge is 0.210 e. The molecular formula is C9H17NO2. The van der Waals surface area contributed by atoms with Gasteiger partial charge in [0.05, 0.1) is 0 Å². The molecule has 1 unspecified atom stereocenters. The standard InChI is InChI=1S/C9H17NO2/c1-8(10(11)12)7-9-5-3-2-4-6-9/h8-9H,2-7H2,1H3. The molecule has 1 aliphatic rings. The zero-order valence-electron chi connectivity index (χ0n) is 7.66. The Labute approximate surface area is 73.3 Å². The fourth-order valence-corrected chi connectivity index (χ4v) is 1.99. The molecule has 0 amide bonds. The first-order chi connectivity index (χ1) is 5.70. The SMILES string of the molecule is CC(CC1CCCCC1)[N+](=O)[O-]. The minimum atomic E-state index is -0.340. The normalized spacial score (nSPS) is 22.1. The van der Waals surface area contributed by atoms with Gasteiger partial charge in [0.25, 0.3) is 0 Å². The minimum Gasteiger partial charge on any atom is -0.264 e. The summed E-state index contributed by atoms with van der Waals surface area (Å²) < 4.78 is 0. The van der Waals surface area contributed by atoms with E-state index in [0.717, 1.165) is 6.42 Å². The van der Waals surface area contributed by atoms with Crippen molar-refractivity contribution in [1.82, 2.24) is 0 Å². The van der Waals surface area contributed by atoms with Crippen LogP contribution < -0.4 is 0 Å². The Kier molecular flexibility index (Phi) is 3.50. The van der Waals surface area contributed by atoms with E-state index in [1.54, 1.807) is 6.92 Å². The molecule has 0 heterocycles. The predicted molar refractivity (Wildman–Crippen MR) is 47.6 cm³/mol. The van der Waals surface area contributed by atoms with E-state index in [9.17, 15) is 10.1 Å². The van der Waals surface area contributed by atoms with E-state index in [0.29, 0.717) is 5.92 Å². The van der Waals surface area contributed by atoms with Crippen LogP contribution in [0, 0.1) is 16.0 Å². The van der Waals surface area contributed by atoms with E-state index in [-0.39, 0.29) is 11.0 Å². The van der Waals surface area contributed by atoms with Gasteiger partial charge in [-0.1, -0.05) is 32.1 Å². The molecule has 1 saturated carbocycles. The van der Waals surface area contributed by atoms with Gasteiger partial charge >= 0.3 is 0 Å². The Hall–Kier alpha value is -0.600. The molecule has 1 aliphatic carbocycles. The fraction of sp³-hybridized carbons (Fsp3) is 1.00. The summed E-state index contributed by atoms with van der Waals surface area (Å²) in [5.41, 5.74) is 0. The van der Waals surface area contributed by atoms with Crippen molar-refractivity contribution in [1.29, 1.82) is 0 Å². The Morgan fingerprint density at radius 1 is 1.42 bits per heavy atom. The molecule has 0 bridgehead atoms. The van der Waals surface area contributed by atoms with Gasteiger partial charge < -0.3 is 0 Å². The minimum absolute atomic E-state index is 0.158. The first-order valence-electron chi connectivity index (χ1n) is 4.83. The highest BCUT2D eigenvalue weighted by molar-refractivity contribution is 4.67. The molecule has 0 N–H and O–H groups in total. The van der Waals surface area contributed by atoms with Crippen LogP contribution in [0.15, 0.2) is 0 Å². The van der Waals surface area contributed by atoms with Crippen molar-refractivity contribution in [3.63, 3.8) is 0 Å². The topological polar surface area (TPSA) is 43.1 Å². The van der Waals surface area contributed by atoms with Crippen LogP contribution in [-0.2, 0) is 0 Å². The lowest BCUT2D eigenvalue weighted by Crippen LogP contribution is -2.20. The van der Waals surface area contributed by atoms with E-state index in [1.807, 2.05) is 0 Å². The maximum absolute atomic E-state index is 10.4. The van der Waals surface area contributed by atoms with Crippen LogP contribution in [0.25, 0.3) is 0 Å². The van der Waals surface area contributed by atoms with E-state index >= 15 is 0 Å². The van der Waals surface area contributed by atoms with E-state index in [2.05, 4.69) is 0 Å². The Morgan fingerprint density at radius 3 is 2.50 bits per heavy atom. The number of hydrogen-bond donors (Lipinski definition) is 0. The highest BCUT2D eigenvalue weighted by Crippen LogP contribution is 2.27. The van der Waals surface area contributed by atoms with Gasteiger partial charge in [-0.3, -0.25) is 10.1 Å². The molecule has 0 aromatic heterocycles. The first kappa shape index (κ1) is 9.49. The van der Waals surface area contributed by atoms with Crippen LogP contribution in [0.5, 0.6) is 0 Å². The Morgan fingerprint density at radius 2 is 2.00 bits per heavy atom. The van der Waals surface area contributed by atoms with Crippen molar-refractivity contribution >= 4 is 0 Å². The number of rotatable bonds is 3. The molecule has 12 heavy (non-hydrogen) atoms. The third kappa shape index (κ3) is 2.80. The van der Waals surface area contributed by atoms with Gasteiger partial charge in [0, 0.05) is 18.3 Å². The van der Waals surface area contributed by atoms with Crippen LogP contribution in [0.3, 0.4) is 0 Å². The lowest BCUT2D eigenvalue weighted by Gasteiger charge is -2.21. The van der Waals surface area contributed by atoms with Crippen LogP contribution >= 0.6 is 0 Å². The van der Waals surface area contributed by atoms with Gasteiger partial charge in [0.15, 0.2) is 0 Å². The second-order valence-corrected chi connectivity index (χ2v) is 3.87. The lowest BCUT2D eigenvalue weighted by atomic mass is 9.85. The van der Waals surface area contributed by atoms with E-state index in [4.69, 9.17) is 0 Å². The quantitative estimate of drug-likeness (QED) is 0.484. The number of nitro groups is 1. The highest BCUT2D eigenvalue weighted by Gasteiger charge is 2.21. The van der Waals surface area contributed by atoms with Crippen LogP contribution in [-0.4, -0.2) is 11.0 Å². The monoisotopic (exact) mass is 171 g/mol. The van der Waals surface area contributed by atoms with Crippen molar-refractivity contribution in [2.75, 3.05) is 0 Å². The molecule has 1 atom stereocenters. The summed E-state index contributed by atoms with van der Waals surface area (Å²) in [6, 6.07) is -0.340. The zero-order valence-corrected chi connectivity index (χ0v) is 7.66. The molecule has 3 heteroatoms. The molecule has 70 valence electrons. The molecule has 3 nitrogen and oxygen atoms in total. The third-order valence-electron chi connectivity index (χ3n) is 2.76. The largest absolute Gasteiger partial charge is 0.264 e. The van der Waals surface area contributed by atoms with Crippen LogP contribution in [0.2, 0.25) is 0 Å². The molecule has 1 fully saturated rings. The molecule has 0 aromatic carbocycles. The summed E-state index contributed by atoms with van der Waals surface area (Å²) in [6.07, 6.45) is 7.07. The van der Waals surface area contributed by atoms with Gasteiger partial charge in [-0.05, 0) is 5.92 Å². The maximum Gasteiger partial charge on any atom is 0.210 e. The molecule has 0 spiro atoms. The average Bonchev–Trinajstić information content (AvgIpc) is 2.06. The Balaban J connectivity index is 2.24. The summed E-state index contributed by atoms with van der Waals surface area (Å²) in [5.74, 6) is 0.624. The summed E-state index contributed by atoms with van der Waals surface area (Å²) >= 11 is 0. The van der Waals surface area contributed by atoms with Crippen LogP contribution in [0.4, 0.5) is 0 Å². The van der Waals surface area contributed by atoms with Gasteiger partial charge in [-0.15, -0.1) is 0 Å². The second kappa shape index (κ2) is 4.43. The molecule has 1 rings (SSSR count). The van der Waals surface area contributed by atoms with Gasteiger partial charge in [-0.2, -0.15) is 0 Å². The van der Waals surface area contributed by atoms with Crippen LogP contribution in [0.1, 0.15) is 45.4 Å². The fourth-order valence-electron chi connectivity index (χ4n) is 1.99. The van der Waals surface area contributed by atoms with Crippen molar-refractivity contribution in [3.8, 4) is 0 Å². The third-order valence-corrected chi connectivity index (χ3v) is 2.76. The Bertz CT molecular complexity index is 153. The number of nitrogens with zero attached hydrogens (tertiary/aromatic N) is 1. The maximum atomic E-state index is 10.4. The average molecular weight is 171 g/mol. The summed E-state index contributed by atoms with van der Waals surface area (Å²) in [5, 5.41) is 10.4. The molecule has 0 saturated heterocycles. The zero-order chi connectivity index (χ0) is 8.97. The second-order valence-electron chi connectivity index (χ2n) is 3.87. The summed E-state index contributed by atoms with van der Waals surface area (Å²) in [4.78, 5) is 10.2. The van der Waals surface area contributed by atoms with E-state index in [1.165, 1.54) is 32.1 Å². The summed E-state index contributed by atoms with van der Waals surface area (Å²) in [6.45, 7) is 1.72. The first-order valence-corrected chi connectivity index (χ1v) is 4.83. The van der Waals surface area contributed by atoms with Gasteiger partial charge in [0.2, 0.25) is 6.04 Å². The molecule has 0 radical (unpaired) electrons. The van der Waals surface area contributed by atoms with Crippen molar-refractivity contribution in [3.05, 3.63) is 10.1 Å². The lowest BCUT2D eigenvalue weighted by molar-refractivity contribution is -0.520. The summed E-state index contributed by atoms with van der Waals surface area (Å²) in [7, 11) is 0. The van der Waals surface area contributed by atoms with Gasteiger partial charge in [-0.25, -0.2) is 0 Å².